The Morgan fingerprint density at radius 2 is 1.93 bits per heavy atom. The summed E-state index contributed by atoms with van der Waals surface area (Å²) in [6, 6.07) is 18.6. The van der Waals surface area contributed by atoms with E-state index in [1.807, 2.05) is 60.0 Å². The fraction of sp³-hybridized carbons (Fsp3) is 0.233. The second-order valence-corrected chi connectivity index (χ2v) is 10.9. The maximum Gasteiger partial charge on any atom is 0.304 e. The second-order valence-electron chi connectivity index (χ2n) is 9.64. The molecule has 1 N–H and O–H groups in total. The molecule has 0 spiro atoms. The molecule has 3 heterocycles. The van der Waals surface area contributed by atoms with Crippen LogP contribution in [-0.4, -0.2) is 46.5 Å². The van der Waals surface area contributed by atoms with Crippen molar-refractivity contribution in [2.45, 2.75) is 25.7 Å². The van der Waals surface area contributed by atoms with Crippen LogP contribution >= 0.6 is 22.9 Å². The van der Waals surface area contributed by atoms with E-state index in [9.17, 15) is 19.5 Å². The van der Waals surface area contributed by atoms with E-state index in [-0.39, 0.29) is 18.2 Å². The van der Waals surface area contributed by atoms with E-state index in [0.717, 1.165) is 28.7 Å². The monoisotopic (exact) mass is 574 g/mol. The van der Waals surface area contributed by atoms with Gasteiger partial charge in [-0.1, -0.05) is 48.0 Å². The largest absolute Gasteiger partial charge is 0.481 e. The number of pyridine rings is 1. The molecule has 0 bridgehead atoms. The number of anilines is 2. The SMILES string of the molecule is CN(C(=O)C(CC(=O)O)Cc1ccccc1)c1nc(-c2cc(Cl)ccc2-c2ccc(N3CCCC3=O)nc2)cs1. The zero-order valence-corrected chi connectivity index (χ0v) is 23.4. The Hall–Kier alpha value is -4.08. The van der Waals surface area contributed by atoms with E-state index in [1.54, 1.807) is 24.2 Å². The van der Waals surface area contributed by atoms with Crippen molar-refractivity contribution in [2.75, 3.05) is 23.4 Å². The predicted molar refractivity (Wildman–Crippen MR) is 157 cm³/mol. The van der Waals surface area contributed by atoms with Gasteiger partial charge in [0.2, 0.25) is 11.8 Å². The summed E-state index contributed by atoms with van der Waals surface area (Å²) in [6.07, 6.45) is 3.14. The average Bonchev–Trinajstić information content (AvgIpc) is 3.62. The minimum Gasteiger partial charge on any atom is -0.481 e. The summed E-state index contributed by atoms with van der Waals surface area (Å²) in [5.74, 6) is -1.36. The topological polar surface area (TPSA) is 104 Å². The Balaban J connectivity index is 1.40. The molecule has 4 aromatic rings. The predicted octanol–water partition coefficient (Wildman–Crippen LogP) is 5.95. The first-order chi connectivity index (χ1) is 19.3. The Bertz CT molecular complexity index is 1540. The average molecular weight is 575 g/mol. The van der Waals surface area contributed by atoms with Crippen molar-refractivity contribution in [3.05, 3.63) is 82.8 Å². The van der Waals surface area contributed by atoms with Crippen molar-refractivity contribution < 1.29 is 19.5 Å². The van der Waals surface area contributed by atoms with E-state index in [0.29, 0.717) is 41.1 Å². The zero-order chi connectivity index (χ0) is 28.2. The highest BCUT2D eigenvalue weighted by molar-refractivity contribution is 7.14. The number of nitrogens with zero attached hydrogens (tertiary/aromatic N) is 4. The smallest absolute Gasteiger partial charge is 0.304 e. The number of aliphatic carboxylic acids is 1. The minimum atomic E-state index is -1.03. The summed E-state index contributed by atoms with van der Waals surface area (Å²) in [6.45, 7) is 0.671. The van der Waals surface area contributed by atoms with E-state index >= 15 is 0 Å². The molecule has 5 rings (SSSR count). The number of hydrogen-bond acceptors (Lipinski definition) is 6. The highest BCUT2D eigenvalue weighted by Crippen LogP contribution is 2.37. The number of carbonyl (C=O) groups excluding carboxylic acids is 2. The number of benzene rings is 2. The Labute approximate surface area is 240 Å². The van der Waals surface area contributed by atoms with Crippen LogP contribution in [-0.2, 0) is 20.8 Å². The highest BCUT2D eigenvalue weighted by Gasteiger charge is 2.28. The van der Waals surface area contributed by atoms with Gasteiger partial charge in [-0.15, -0.1) is 11.3 Å². The van der Waals surface area contributed by atoms with Crippen molar-refractivity contribution in [1.29, 1.82) is 0 Å². The van der Waals surface area contributed by atoms with Gasteiger partial charge in [0.25, 0.3) is 0 Å². The number of hydrogen-bond donors (Lipinski definition) is 1. The van der Waals surface area contributed by atoms with Crippen LogP contribution in [0.15, 0.2) is 72.2 Å². The summed E-state index contributed by atoms with van der Waals surface area (Å²) in [5.41, 5.74) is 4.00. The van der Waals surface area contributed by atoms with Gasteiger partial charge in [0.05, 0.1) is 18.0 Å². The van der Waals surface area contributed by atoms with Gasteiger partial charge < -0.3 is 5.11 Å². The lowest BCUT2D eigenvalue weighted by Crippen LogP contribution is -2.35. The van der Waals surface area contributed by atoms with Gasteiger partial charge in [-0.05, 0) is 48.2 Å². The molecule has 10 heteroatoms. The molecule has 0 saturated carbocycles. The third-order valence-corrected chi connectivity index (χ3v) is 8.02. The second kappa shape index (κ2) is 12.0. The summed E-state index contributed by atoms with van der Waals surface area (Å²) >= 11 is 7.66. The number of carboxylic acid groups (broad SMARTS) is 1. The van der Waals surface area contributed by atoms with Crippen molar-refractivity contribution in [3.8, 4) is 22.4 Å². The molecular weight excluding hydrogens is 548 g/mol. The number of aromatic nitrogens is 2. The quantitative estimate of drug-likeness (QED) is 0.265. The van der Waals surface area contributed by atoms with Crippen LogP contribution < -0.4 is 9.80 Å². The third kappa shape index (κ3) is 6.05. The molecular formula is C30H27ClN4O4S. The molecule has 0 radical (unpaired) electrons. The molecule has 2 aromatic heterocycles. The van der Waals surface area contributed by atoms with E-state index < -0.39 is 11.9 Å². The first kappa shape index (κ1) is 27.5. The van der Waals surface area contributed by atoms with Crippen molar-refractivity contribution in [1.82, 2.24) is 9.97 Å². The maximum absolute atomic E-state index is 13.4. The fourth-order valence-electron chi connectivity index (χ4n) is 4.84. The highest BCUT2D eigenvalue weighted by atomic mass is 35.5. The number of carboxylic acids is 1. The third-order valence-electron chi connectivity index (χ3n) is 6.87. The van der Waals surface area contributed by atoms with Gasteiger partial charge in [0.1, 0.15) is 5.82 Å². The summed E-state index contributed by atoms with van der Waals surface area (Å²) < 4.78 is 0. The van der Waals surface area contributed by atoms with Crippen LogP contribution in [0.25, 0.3) is 22.4 Å². The molecule has 1 saturated heterocycles. The van der Waals surface area contributed by atoms with Crippen molar-refractivity contribution in [2.24, 2.45) is 5.92 Å². The molecule has 8 nitrogen and oxygen atoms in total. The maximum atomic E-state index is 13.4. The van der Waals surface area contributed by atoms with E-state index in [2.05, 4.69) is 4.98 Å². The van der Waals surface area contributed by atoms with Crippen LogP contribution in [0.4, 0.5) is 10.9 Å². The first-order valence-electron chi connectivity index (χ1n) is 12.9. The van der Waals surface area contributed by atoms with Gasteiger partial charge in [-0.2, -0.15) is 0 Å². The summed E-state index contributed by atoms with van der Waals surface area (Å²) in [5, 5.41) is 12.3. The minimum absolute atomic E-state index is 0.0791. The first-order valence-corrected chi connectivity index (χ1v) is 14.1. The van der Waals surface area contributed by atoms with Gasteiger partial charge in [0.15, 0.2) is 5.13 Å². The van der Waals surface area contributed by atoms with Gasteiger partial charge >= 0.3 is 5.97 Å². The number of amides is 2. The molecule has 204 valence electrons. The lowest BCUT2D eigenvalue weighted by Gasteiger charge is -2.21. The summed E-state index contributed by atoms with van der Waals surface area (Å²) in [7, 11) is 1.62. The van der Waals surface area contributed by atoms with Crippen molar-refractivity contribution >= 4 is 51.7 Å². The molecule has 1 fully saturated rings. The van der Waals surface area contributed by atoms with Gasteiger partial charge in [-0.3, -0.25) is 24.2 Å². The van der Waals surface area contributed by atoms with Gasteiger partial charge in [0, 0.05) is 47.7 Å². The molecule has 2 amide bonds. The summed E-state index contributed by atoms with van der Waals surface area (Å²) in [4.78, 5) is 49.4. The zero-order valence-electron chi connectivity index (χ0n) is 21.8. The number of thiazole rings is 1. The number of halogens is 1. The molecule has 0 aliphatic carbocycles. The molecule has 1 unspecified atom stereocenters. The Morgan fingerprint density at radius 1 is 1.12 bits per heavy atom. The van der Waals surface area contributed by atoms with Crippen LogP contribution in [0.5, 0.6) is 0 Å². The molecule has 1 aliphatic rings. The van der Waals surface area contributed by atoms with Crippen LogP contribution in [0.1, 0.15) is 24.8 Å². The molecule has 1 aliphatic heterocycles. The number of carbonyl (C=O) groups is 3. The van der Waals surface area contributed by atoms with Crippen LogP contribution in [0, 0.1) is 5.92 Å². The Morgan fingerprint density at radius 3 is 2.60 bits per heavy atom. The fourth-order valence-corrected chi connectivity index (χ4v) is 5.81. The van der Waals surface area contributed by atoms with Gasteiger partial charge in [-0.25, -0.2) is 9.97 Å². The Kier molecular flexibility index (Phi) is 8.23. The van der Waals surface area contributed by atoms with Crippen LogP contribution in [0.3, 0.4) is 0 Å². The molecule has 1 atom stereocenters. The van der Waals surface area contributed by atoms with Crippen molar-refractivity contribution in [3.63, 3.8) is 0 Å². The lowest BCUT2D eigenvalue weighted by atomic mass is 9.95. The standard InChI is InChI=1S/C30H27ClN4O4S/c1-34(29(39)21(15-28(37)38)14-19-6-3-2-4-7-19)30-33-25(18-40-30)24-16-22(31)10-11-23(24)20-9-12-26(32-17-20)35-13-5-8-27(35)36/h2-4,6-7,9-12,16-18,21H,5,8,13-15H2,1H3,(H,37,38). The van der Waals surface area contributed by atoms with E-state index in [1.165, 1.54) is 16.2 Å². The normalized spacial score (nSPS) is 13.8. The molecule has 2 aromatic carbocycles. The lowest BCUT2D eigenvalue weighted by molar-refractivity contribution is -0.140. The molecule has 40 heavy (non-hydrogen) atoms. The van der Waals surface area contributed by atoms with E-state index in [4.69, 9.17) is 16.6 Å². The number of rotatable bonds is 9. The van der Waals surface area contributed by atoms with Crippen LogP contribution in [0.2, 0.25) is 5.02 Å².